The van der Waals surface area contributed by atoms with E-state index in [2.05, 4.69) is 0 Å². The van der Waals surface area contributed by atoms with Gasteiger partial charge in [-0.25, -0.2) is 9.18 Å². The molecule has 13 heteroatoms. The van der Waals surface area contributed by atoms with Crippen molar-refractivity contribution in [1.82, 2.24) is 4.57 Å². The maximum absolute atomic E-state index is 15.5. The average molecular weight is 570 g/mol. The van der Waals surface area contributed by atoms with E-state index < -0.39 is 39.3 Å². The lowest BCUT2D eigenvalue weighted by Gasteiger charge is -2.37. The third kappa shape index (κ3) is 7.34. The van der Waals surface area contributed by atoms with Gasteiger partial charge < -0.3 is 24.7 Å². The topological polar surface area (TPSA) is 158 Å². The quantitative estimate of drug-likeness (QED) is 0.391. The number of aryl methyl sites for hydroxylation is 1. The smallest absolute Gasteiger partial charge is 0.343 e. The number of piperidine rings is 1. The molecule has 2 aliphatic heterocycles. The van der Waals surface area contributed by atoms with Crippen LogP contribution in [0.4, 0.5) is 10.1 Å². The Bertz CT molecular complexity index is 1390. The standard InChI is InChI=1S/C25H32FN3O5.CH4O3S/c1-4-11-33-25(32)19-13-29-14(2)5-6-17-21(29)18(23(19)30)12-20(26)22(17)28-9-7-16(8-10-28)34-24(31)15(3)27;1-5(2,3)4/h12-16H,4-11,27H2,1-3H3;1H3,(H,2,3,4)/t14-,15-;/m0./s1. The first-order valence-corrected chi connectivity index (χ1v) is 14.8. The van der Waals surface area contributed by atoms with Crippen molar-refractivity contribution in [3.8, 4) is 0 Å². The fourth-order valence-electron chi connectivity index (χ4n) is 4.86. The highest BCUT2D eigenvalue weighted by Crippen LogP contribution is 2.39. The molecule has 0 radical (unpaired) electrons. The van der Waals surface area contributed by atoms with Gasteiger partial charge in [0.05, 0.1) is 24.1 Å². The first-order chi connectivity index (χ1) is 18.2. The first-order valence-electron chi connectivity index (χ1n) is 12.9. The third-order valence-corrected chi connectivity index (χ3v) is 6.70. The summed E-state index contributed by atoms with van der Waals surface area (Å²) in [4.78, 5) is 39.5. The van der Waals surface area contributed by atoms with Crippen molar-refractivity contribution in [1.29, 1.82) is 0 Å². The predicted molar refractivity (Wildman–Crippen MR) is 144 cm³/mol. The van der Waals surface area contributed by atoms with Crippen LogP contribution >= 0.6 is 0 Å². The van der Waals surface area contributed by atoms with Gasteiger partial charge in [-0.1, -0.05) is 6.92 Å². The van der Waals surface area contributed by atoms with Crippen LogP contribution in [-0.4, -0.2) is 67.6 Å². The van der Waals surface area contributed by atoms with Crippen LogP contribution in [0.2, 0.25) is 0 Å². The van der Waals surface area contributed by atoms with E-state index in [0.717, 1.165) is 12.0 Å². The maximum Gasteiger partial charge on any atom is 0.343 e. The molecule has 2 atom stereocenters. The van der Waals surface area contributed by atoms with E-state index in [1.807, 2.05) is 23.3 Å². The van der Waals surface area contributed by atoms with Crippen LogP contribution in [-0.2, 0) is 30.8 Å². The second kappa shape index (κ2) is 12.4. The largest absolute Gasteiger partial charge is 0.462 e. The Labute approximate surface area is 226 Å². The number of pyridine rings is 1. The molecule has 1 aromatic carbocycles. The second-order valence-electron chi connectivity index (χ2n) is 10.0. The Morgan fingerprint density at radius 3 is 2.44 bits per heavy atom. The van der Waals surface area contributed by atoms with Crippen molar-refractivity contribution in [3.63, 3.8) is 0 Å². The number of nitrogens with two attached hydrogens (primary N) is 1. The summed E-state index contributed by atoms with van der Waals surface area (Å²) < 4.78 is 53.9. The van der Waals surface area contributed by atoms with Crippen LogP contribution in [0.15, 0.2) is 17.1 Å². The van der Waals surface area contributed by atoms with Gasteiger partial charge in [-0.3, -0.25) is 14.1 Å². The molecule has 216 valence electrons. The van der Waals surface area contributed by atoms with Crippen molar-refractivity contribution in [2.45, 2.75) is 71.1 Å². The molecule has 0 bridgehead atoms. The molecule has 2 aliphatic rings. The van der Waals surface area contributed by atoms with Gasteiger partial charge in [0.15, 0.2) is 0 Å². The lowest BCUT2D eigenvalue weighted by Crippen LogP contribution is -2.41. The molecule has 0 amide bonds. The minimum atomic E-state index is -3.67. The van der Waals surface area contributed by atoms with Gasteiger partial charge in [-0.15, -0.1) is 0 Å². The van der Waals surface area contributed by atoms with E-state index in [1.54, 1.807) is 13.1 Å². The number of halogens is 1. The number of esters is 2. The number of rotatable bonds is 6. The van der Waals surface area contributed by atoms with E-state index in [-0.39, 0.29) is 29.7 Å². The van der Waals surface area contributed by atoms with E-state index >= 15 is 4.39 Å². The van der Waals surface area contributed by atoms with Crippen LogP contribution in [0.25, 0.3) is 10.9 Å². The summed E-state index contributed by atoms with van der Waals surface area (Å²) in [5.41, 5.74) is 6.97. The number of benzene rings is 1. The average Bonchev–Trinajstić information content (AvgIpc) is 2.85. The van der Waals surface area contributed by atoms with Crippen LogP contribution in [0.3, 0.4) is 0 Å². The SMILES string of the molecule is CCCOC(=O)c1cn2c3c(c(N4CCC(OC(=O)[C@H](C)N)CC4)c(F)cc3c1=O)CC[C@@H]2C.CS(=O)(=O)O. The molecule has 4 rings (SSSR count). The minimum Gasteiger partial charge on any atom is -0.462 e. The van der Waals surface area contributed by atoms with Crippen molar-refractivity contribution >= 4 is 38.6 Å². The van der Waals surface area contributed by atoms with Crippen LogP contribution in [0, 0.1) is 5.82 Å². The van der Waals surface area contributed by atoms with Gasteiger partial charge in [-0.05, 0) is 39.2 Å². The highest BCUT2D eigenvalue weighted by atomic mass is 32.2. The zero-order valence-corrected chi connectivity index (χ0v) is 23.4. The van der Waals surface area contributed by atoms with E-state index in [0.29, 0.717) is 56.2 Å². The molecule has 1 fully saturated rings. The highest BCUT2D eigenvalue weighted by molar-refractivity contribution is 7.85. The Morgan fingerprint density at radius 1 is 1.26 bits per heavy atom. The van der Waals surface area contributed by atoms with Crippen molar-refractivity contribution in [2.75, 3.05) is 30.9 Å². The molecule has 0 saturated carbocycles. The first kappa shape index (κ1) is 30.5. The van der Waals surface area contributed by atoms with Crippen LogP contribution in [0.1, 0.15) is 68.4 Å². The fourth-order valence-corrected chi connectivity index (χ4v) is 4.86. The number of anilines is 1. The maximum atomic E-state index is 15.5. The van der Waals surface area contributed by atoms with Crippen LogP contribution in [0.5, 0.6) is 0 Å². The van der Waals surface area contributed by atoms with Crippen molar-refractivity contribution < 1.29 is 36.4 Å². The van der Waals surface area contributed by atoms with Gasteiger partial charge in [0, 0.05) is 49.1 Å². The number of hydrogen-bond acceptors (Lipinski definition) is 9. The normalized spacial score (nSPS) is 18.2. The van der Waals surface area contributed by atoms with Gasteiger partial charge in [0.25, 0.3) is 10.1 Å². The summed E-state index contributed by atoms with van der Waals surface area (Å²) in [7, 11) is -3.67. The Balaban J connectivity index is 0.000000771. The number of nitrogens with zero attached hydrogens (tertiary/aromatic N) is 2. The van der Waals surface area contributed by atoms with Gasteiger partial charge in [-0.2, -0.15) is 8.42 Å². The van der Waals surface area contributed by atoms with E-state index in [9.17, 15) is 22.8 Å². The van der Waals surface area contributed by atoms with Gasteiger partial charge in [0.2, 0.25) is 5.43 Å². The summed E-state index contributed by atoms with van der Waals surface area (Å²) in [5.74, 6) is -1.59. The Morgan fingerprint density at radius 2 is 1.87 bits per heavy atom. The number of ether oxygens (including phenoxy) is 2. The van der Waals surface area contributed by atoms with Gasteiger partial charge >= 0.3 is 11.9 Å². The lowest BCUT2D eigenvalue weighted by molar-refractivity contribution is -0.151. The van der Waals surface area contributed by atoms with Crippen molar-refractivity contribution in [3.05, 3.63) is 39.4 Å². The Kier molecular flexibility index (Phi) is 9.73. The van der Waals surface area contributed by atoms with Crippen molar-refractivity contribution in [2.24, 2.45) is 5.73 Å². The number of aromatic nitrogens is 1. The molecular formula is C26H36FN3O8S. The number of carbonyl (C=O) groups is 2. The molecule has 2 aromatic rings. The summed E-state index contributed by atoms with van der Waals surface area (Å²) in [6, 6.07) is 0.627. The monoisotopic (exact) mass is 569 g/mol. The number of carbonyl (C=O) groups excluding carboxylic acids is 2. The molecule has 0 aliphatic carbocycles. The highest BCUT2D eigenvalue weighted by Gasteiger charge is 2.31. The zero-order valence-electron chi connectivity index (χ0n) is 22.6. The van der Waals surface area contributed by atoms with E-state index in [4.69, 9.17) is 19.8 Å². The van der Waals surface area contributed by atoms with E-state index in [1.165, 1.54) is 6.07 Å². The molecule has 11 nitrogen and oxygen atoms in total. The molecule has 1 saturated heterocycles. The predicted octanol–water partition coefficient (Wildman–Crippen LogP) is 2.58. The zero-order chi connectivity index (χ0) is 29.1. The summed E-state index contributed by atoms with van der Waals surface area (Å²) >= 11 is 0. The minimum absolute atomic E-state index is 0.0510. The Hall–Kier alpha value is -3.03. The fraction of sp³-hybridized carbons (Fsp3) is 0.577. The third-order valence-electron chi connectivity index (χ3n) is 6.70. The second-order valence-corrected chi connectivity index (χ2v) is 11.5. The molecule has 3 heterocycles. The van der Waals surface area contributed by atoms with Gasteiger partial charge in [0.1, 0.15) is 23.5 Å². The summed E-state index contributed by atoms with van der Waals surface area (Å²) in [6.45, 7) is 6.75. The summed E-state index contributed by atoms with van der Waals surface area (Å²) in [5, 5.41) is 0.203. The van der Waals surface area contributed by atoms with Crippen LogP contribution < -0.4 is 16.1 Å². The molecule has 1 aromatic heterocycles. The molecule has 0 spiro atoms. The number of hydrogen-bond donors (Lipinski definition) is 2. The lowest BCUT2D eigenvalue weighted by atomic mass is 9.93. The summed E-state index contributed by atoms with van der Waals surface area (Å²) in [6.07, 6.45) is 5.21. The molecule has 39 heavy (non-hydrogen) atoms. The molecule has 0 unspecified atom stereocenters. The molecular weight excluding hydrogens is 533 g/mol. The molecule has 3 N–H and O–H groups in total.